The van der Waals surface area contributed by atoms with E-state index < -0.39 is 0 Å². The zero-order valence-corrected chi connectivity index (χ0v) is 16.7. The smallest absolute Gasteiger partial charge is 0.227 e. The molecule has 2 aromatic carbocycles. The summed E-state index contributed by atoms with van der Waals surface area (Å²) in [5.41, 5.74) is 8.01. The van der Waals surface area contributed by atoms with Crippen LogP contribution in [0.4, 0.5) is 0 Å². The zero-order chi connectivity index (χ0) is 19.4. The maximum atomic E-state index is 12.7. The third-order valence-electron chi connectivity index (χ3n) is 5.27. The molecule has 3 rings (SSSR count). The Balaban J connectivity index is 1.60. The molecule has 1 amide bonds. The third-order valence-corrected chi connectivity index (χ3v) is 5.64. The van der Waals surface area contributed by atoms with Gasteiger partial charge in [-0.1, -0.05) is 55.8 Å². The van der Waals surface area contributed by atoms with Gasteiger partial charge in [-0.15, -0.1) is 0 Å². The summed E-state index contributed by atoms with van der Waals surface area (Å²) in [6, 6.07) is 15.5. The van der Waals surface area contributed by atoms with Crippen LogP contribution in [-0.4, -0.2) is 29.9 Å². The molecule has 1 saturated heterocycles. The number of hydrogen-bond donors (Lipinski definition) is 1. The van der Waals surface area contributed by atoms with Crippen LogP contribution in [0.1, 0.15) is 31.4 Å². The summed E-state index contributed by atoms with van der Waals surface area (Å²) in [5, 5.41) is 0.690. The number of ether oxygens (including phenoxy) is 1. The number of rotatable bonds is 5. The Morgan fingerprint density at radius 1 is 1.26 bits per heavy atom. The second-order valence-electron chi connectivity index (χ2n) is 7.90. The van der Waals surface area contributed by atoms with Crippen LogP contribution < -0.4 is 10.5 Å². The average molecular weight is 387 g/mol. The first-order valence-corrected chi connectivity index (χ1v) is 9.71. The number of nitrogens with two attached hydrogens (primary N) is 1. The number of piperidine rings is 1. The SMILES string of the molecule is CC1(C)CN(C(=O)Cc2cccc(OCc3ccccc3Cl)c2)CCC1N. The summed E-state index contributed by atoms with van der Waals surface area (Å²) < 4.78 is 5.86. The van der Waals surface area contributed by atoms with Gasteiger partial charge in [-0.3, -0.25) is 4.79 Å². The summed E-state index contributed by atoms with van der Waals surface area (Å²) >= 11 is 6.17. The fraction of sp³-hybridized carbons (Fsp3) is 0.409. The summed E-state index contributed by atoms with van der Waals surface area (Å²) in [6.07, 6.45) is 1.22. The Morgan fingerprint density at radius 3 is 2.78 bits per heavy atom. The lowest BCUT2D eigenvalue weighted by molar-refractivity contribution is -0.133. The molecule has 1 fully saturated rings. The van der Waals surface area contributed by atoms with E-state index in [1.165, 1.54) is 0 Å². The van der Waals surface area contributed by atoms with Crippen molar-refractivity contribution in [2.45, 2.75) is 39.3 Å². The van der Waals surface area contributed by atoms with Gasteiger partial charge in [-0.25, -0.2) is 0 Å². The van der Waals surface area contributed by atoms with Crippen molar-refractivity contribution in [1.29, 1.82) is 0 Å². The number of likely N-dealkylation sites (tertiary alicyclic amines) is 1. The Morgan fingerprint density at radius 2 is 2.04 bits per heavy atom. The van der Waals surface area contributed by atoms with E-state index in [-0.39, 0.29) is 17.4 Å². The average Bonchev–Trinajstić information content (AvgIpc) is 2.63. The lowest BCUT2D eigenvalue weighted by Gasteiger charge is -2.42. The molecule has 1 heterocycles. The molecule has 1 aliphatic heterocycles. The summed E-state index contributed by atoms with van der Waals surface area (Å²) in [5.74, 6) is 0.874. The monoisotopic (exact) mass is 386 g/mol. The van der Waals surface area contributed by atoms with Gasteiger partial charge < -0.3 is 15.4 Å². The first-order chi connectivity index (χ1) is 12.8. The molecule has 0 aliphatic carbocycles. The second-order valence-corrected chi connectivity index (χ2v) is 8.31. The summed E-state index contributed by atoms with van der Waals surface area (Å²) in [4.78, 5) is 14.7. The molecule has 4 nitrogen and oxygen atoms in total. The lowest BCUT2D eigenvalue weighted by Crippen LogP contribution is -2.54. The maximum Gasteiger partial charge on any atom is 0.227 e. The minimum Gasteiger partial charge on any atom is -0.489 e. The molecule has 0 bridgehead atoms. The summed E-state index contributed by atoms with van der Waals surface area (Å²) in [7, 11) is 0. The van der Waals surface area contributed by atoms with Gasteiger partial charge in [0.2, 0.25) is 5.91 Å². The molecule has 1 aliphatic rings. The molecule has 0 radical (unpaired) electrons. The number of benzene rings is 2. The molecule has 144 valence electrons. The van der Waals surface area contributed by atoms with Crippen molar-refractivity contribution < 1.29 is 9.53 Å². The van der Waals surface area contributed by atoms with Gasteiger partial charge in [-0.2, -0.15) is 0 Å². The van der Waals surface area contributed by atoms with Gasteiger partial charge in [0.15, 0.2) is 0 Å². The molecule has 0 spiro atoms. The van der Waals surface area contributed by atoms with E-state index in [2.05, 4.69) is 13.8 Å². The van der Waals surface area contributed by atoms with Crippen molar-refractivity contribution in [3.63, 3.8) is 0 Å². The molecule has 1 atom stereocenters. The Labute approximate surface area is 166 Å². The van der Waals surface area contributed by atoms with E-state index in [1.54, 1.807) is 0 Å². The number of carbonyl (C=O) groups excluding carboxylic acids is 1. The predicted octanol–water partition coefficient (Wildman–Crippen LogP) is 4.05. The molecule has 27 heavy (non-hydrogen) atoms. The maximum absolute atomic E-state index is 12.7. The fourth-order valence-electron chi connectivity index (χ4n) is 3.39. The normalized spacial score (nSPS) is 19.0. The first kappa shape index (κ1) is 19.7. The molecule has 1 unspecified atom stereocenters. The minimum absolute atomic E-state index is 0.0478. The van der Waals surface area contributed by atoms with E-state index in [0.29, 0.717) is 24.6 Å². The Kier molecular flexibility index (Phi) is 6.08. The molecule has 2 aromatic rings. The van der Waals surface area contributed by atoms with Crippen molar-refractivity contribution in [3.05, 3.63) is 64.7 Å². The molecule has 0 saturated carbocycles. The van der Waals surface area contributed by atoms with Crippen LogP contribution in [0.5, 0.6) is 5.75 Å². The highest BCUT2D eigenvalue weighted by atomic mass is 35.5. The van der Waals surface area contributed by atoms with Gasteiger partial charge in [-0.05, 0) is 35.6 Å². The predicted molar refractivity (Wildman–Crippen MR) is 109 cm³/mol. The van der Waals surface area contributed by atoms with Crippen molar-refractivity contribution in [2.75, 3.05) is 13.1 Å². The van der Waals surface area contributed by atoms with Gasteiger partial charge >= 0.3 is 0 Å². The number of hydrogen-bond acceptors (Lipinski definition) is 3. The fourth-order valence-corrected chi connectivity index (χ4v) is 3.59. The van der Waals surface area contributed by atoms with Crippen molar-refractivity contribution >= 4 is 17.5 Å². The summed E-state index contributed by atoms with van der Waals surface area (Å²) in [6.45, 7) is 6.08. The molecular weight excluding hydrogens is 360 g/mol. The molecule has 0 aromatic heterocycles. The van der Waals surface area contributed by atoms with E-state index in [0.717, 1.165) is 29.8 Å². The van der Waals surface area contributed by atoms with Gasteiger partial charge in [0.05, 0.1) is 6.42 Å². The van der Waals surface area contributed by atoms with Crippen LogP contribution in [0, 0.1) is 5.41 Å². The second kappa shape index (κ2) is 8.32. The molecule has 5 heteroatoms. The van der Waals surface area contributed by atoms with Crippen molar-refractivity contribution in [2.24, 2.45) is 11.1 Å². The third kappa shape index (κ3) is 5.02. The van der Waals surface area contributed by atoms with Crippen molar-refractivity contribution in [3.8, 4) is 5.75 Å². The Hall–Kier alpha value is -2.04. The lowest BCUT2D eigenvalue weighted by atomic mass is 9.79. The van der Waals surface area contributed by atoms with Crippen LogP contribution in [0.15, 0.2) is 48.5 Å². The van der Waals surface area contributed by atoms with E-state index >= 15 is 0 Å². The number of amides is 1. The van der Waals surface area contributed by atoms with Gasteiger partial charge in [0.1, 0.15) is 12.4 Å². The molecular formula is C22H27ClN2O2. The van der Waals surface area contributed by atoms with E-state index in [1.807, 2.05) is 53.4 Å². The first-order valence-electron chi connectivity index (χ1n) is 9.34. The van der Waals surface area contributed by atoms with Crippen LogP contribution in [0.25, 0.3) is 0 Å². The quantitative estimate of drug-likeness (QED) is 0.843. The zero-order valence-electron chi connectivity index (χ0n) is 16.0. The van der Waals surface area contributed by atoms with Crippen molar-refractivity contribution in [1.82, 2.24) is 4.90 Å². The van der Waals surface area contributed by atoms with Gasteiger partial charge in [0, 0.05) is 29.7 Å². The van der Waals surface area contributed by atoms with E-state index in [9.17, 15) is 4.79 Å². The highest BCUT2D eigenvalue weighted by Gasteiger charge is 2.35. The standard InChI is InChI=1S/C22H27ClN2O2/c1-22(2)15-25(11-10-20(22)24)21(26)13-16-6-5-8-18(12-16)27-14-17-7-3-4-9-19(17)23/h3-9,12,20H,10-11,13-15,24H2,1-2H3. The topological polar surface area (TPSA) is 55.6 Å². The van der Waals surface area contributed by atoms with Crippen LogP contribution >= 0.6 is 11.6 Å². The highest BCUT2D eigenvalue weighted by Crippen LogP contribution is 2.28. The van der Waals surface area contributed by atoms with Gasteiger partial charge in [0.25, 0.3) is 0 Å². The van der Waals surface area contributed by atoms with Crippen LogP contribution in [0.3, 0.4) is 0 Å². The molecule has 2 N–H and O–H groups in total. The number of nitrogens with zero attached hydrogens (tertiary/aromatic N) is 1. The minimum atomic E-state index is -0.0478. The van der Waals surface area contributed by atoms with Crippen LogP contribution in [0.2, 0.25) is 5.02 Å². The van der Waals surface area contributed by atoms with E-state index in [4.69, 9.17) is 22.1 Å². The Bertz CT molecular complexity index is 806. The largest absolute Gasteiger partial charge is 0.489 e. The number of carbonyl (C=O) groups is 1. The number of halogens is 1. The van der Waals surface area contributed by atoms with Crippen LogP contribution in [-0.2, 0) is 17.8 Å². The highest BCUT2D eigenvalue weighted by molar-refractivity contribution is 6.31.